The van der Waals surface area contributed by atoms with Crippen molar-refractivity contribution in [2.75, 3.05) is 31.6 Å². The predicted octanol–water partition coefficient (Wildman–Crippen LogP) is 2.15. The molecule has 1 heterocycles. The smallest absolute Gasteiger partial charge is 0.221 e. The third-order valence-corrected chi connectivity index (χ3v) is 5.40. The fourth-order valence-electron chi connectivity index (χ4n) is 3.12. The molecule has 6 heteroatoms. The van der Waals surface area contributed by atoms with Gasteiger partial charge in [0.25, 0.3) is 0 Å². The molecular weight excluding hydrogens is 324 g/mol. The fourth-order valence-corrected chi connectivity index (χ4v) is 3.67. The second-order valence-corrected chi connectivity index (χ2v) is 8.82. The summed E-state index contributed by atoms with van der Waals surface area (Å²) in [5.74, 6) is -0.297. The van der Waals surface area contributed by atoms with Crippen molar-refractivity contribution in [1.29, 1.82) is 0 Å². The molecule has 0 bridgehead atoms. The van der Waals surface area contributed by atoms with Crippen LogP contribution in [0.2, 0.25) is 0 Å². The number of hydrogen-bond donors (Lipinski definition) is 1. The highest BCUT2D eigenvalue weighted by atomic mass is 32.2. The van der Waals surface area contributed by atoms with E-state index in [2.05, 4.69) is 22.3 Å². The minimum atomic E-state index is -3.11. The quantitative estimate of drug-likeness (QED) is 0.817. The molecule has 1 amide bonds. The van der Waals surface area contributed by atoms with Gasteiger partial charge >= 0.3 is 0 Å². The summed E-state index contributed by atoms with van der Waals surface area (Å²) in [6.07, 6.45) is 6.08. The lowest BCUT2D eigenvalue weighted by atomic mass is 10.0. The topological polar surface area (TPSA) is 66.5 Å². The van der Waals surface area contributed by atoms with Crippen LogP contribution in [0.25, 0.3) is 0 Å². The standard InChI is InChI=1S/C18H28N2O3S/c1-24(22,23)14-11-18(21)19-15-17(16-9-5-4-6-10-16)20-12-7-2-3-8-13-20/h4-6,9-10,17H,2-3,7-8,11-15H2,1H3,(H,19,21)/t17-/m0/s1. The third-order valence-electron chi connectivity index (χ3n) is 4.46. The van der Waals surface area contributed by atoms with Crippen LogP contribution in [-0.2, 0) is 14.6 Å². The van der Waals surface area contributed by atoms with Crippen molar-refractivity contribution in [2.24, 2.45) is 0 Å². The van der Waals surface area contributed by atoms with Gasteiger partial charge in [-0.25, -0.2) is 8.42 Å². The molecule has 5 nitrogen and oxygen atoms in total. The Morgan fingerprint density at radius 1 is 1.12 bits per heavy atom. The summed E-state index contributed by atoms with van der Waals surface area (Å²) in [5, 5.41) is 2.93. The Balaban J connectivity index is 1.99. The monoisotopic (exact) mass is 352 g/mol. The predicted molar refractivity (Wildman–Crippen MR) is 96.6 cm³/mol. The lowest BCUT2D eigenvalue weighted by Crippen LogP contribution is -2.39. The molecule has 0 radical (unpaired) electrons. The maximum absolute atomic E-state index is 12.0. The van der Waals surface area contributed by atoms with Crippen LogP contribution in [0.4, 0.5) is 0 Å². The molecule has 1 atom stereocenters. The first kappa shape index (κ1) is 18.9. The number of carbonyl (C=O) groups excluding carboxylic acids is 1. The van der Waals surface area contributed by atoms with Crippen LogP contribution >= 0.6 is 0 Å². The van der Waals surface area contributed by atoms with E-state index in [1.54, 1.807) is 0 Å². The van der Waals surface area contributed by atoms with Gasteiger partial charge in [-0.3, -0.25) is 9.69 Å². The molecular formula is C18H28N2O3S. The highest BCUT2D eigenvalue weighted by Crippen LogP contribution is 2.23. The maximum Gasteiger partial charge on any atom is 0.221 e. The minimum Gasteiger partial charge on any atom is -0.354 e. The number of likely N-dealkylation sites (tertiary alicyclic amines) is 1. The number of sulfone groups is 1. The van der Waals surface area contributed by atoms with Gasteiger partial charge in [0, 0.05) is 19.2 Å². The van der Waals surface area contributed by atoms with Crippen LogP contribution in [0.5, 0.6) is 0 Å². The van der Waals surface area contributed by atoms with E-state index in [1.807, 2.05) is 18.2 Å². The molecule has 1 N–H and O–H groups in total. The third kappa shape index (κ3) is 6.61. The Morgan fingerprint density at radius 2 is 1.75 bits per heavy atom. The number of amides is 1. The molecule has 0 saturated carbocycles. The van der Waals surface area contributed by atoms with Gasteiger partial charge in [0.2, 0.25) is 5.91 Å². The molecule has 134 valence electrons. The van der Waals surface area contributed by atoms with Crippen molar-refractivity contribution in [3.63, 3.8) is 0 Å². The number of carbonyl (C=O) groups is 1. The number of nitrogens with zero attached hydrogens (tertiary/aromatic N) is 1. The molecule has 0 aliphatic carbocycles. The molecule has 0 aromatic heterocycles. The summed E-state index contributed by atoms with van der Waals surface area (Å²) in [5.41, 5.74) is 1.20. The Labute approximate surface area is 145 Å². The second kappa shape index (κ2) is 9.18. The molecule has 1 aromatic carbocycles. The van der Waals surface area contributed by atoms with Crippen molar-refractivity contribution < 1.29 is 13.2 Å². The van der Waals surface area contributed by atoms with Gasteiger partial charge in [0.15, 0.2) is 0 Å². The van der Waals surface area contributed by atoms with E-state index in [4.69, 9.17) is 0 Å². The van der Waals surface area contributed by atoms with Crippen molar-refractivity contribution in [2.45, 2.75) is 38.1 Å². The number of nitrogens with one attached hydrogen (secondary N) is 1. The zero-order valence-corrected chi connectivity index (χ0v) is 15.2. The molecule has 0 unspecified atom stereocenters. The molecule has 2 rings (SSSR count). The first-order valence-corrected chi connectivity index (χ1v) is 10.8. The highest BCUT2D eigenvalue weighted by Gasteiger charge is 2.22. The first-order valence-electron chi connectivity index (χ1n) is 8.69. The van der Waals surface area contributed by atoms with E-state index in [9.17, 15) is 13.2 Å². The van der Waals surface area contributed by atoms with Gasteiger partial charge in [-0.2, -0.15) is 0 Å². The normalized spacial score (nSPS) is 17.9. The van der Waals surface area contributed by atoms with Crippen molar-refractivity contribution in [1.82, 2.24) is 10.2 Å². The van der Waals surface area contributed by atoms with Crippen LogP contribution < -0.4 is 5.32 Å². The summed E-state index contributed by atoms with van der Waals surface area (Å²) in [4.78, 5) is 14.4. The van der Waals surface area contributed by atoms with Crippen LogP contribution in [0.3, 0.4) is 0 Å². The van der Waals surface area contributed by atoms with Gasteiger partial charge in [0.05, 0.1) is 11.8 Å². The Kier molecular flexibility index (Phi) is 7.24. The number of rotatable bonds is 7. The zero-order chi connectivity index (χ0) is 17.4. The maximum atomic E-state index is 12.0. The van der Waals surface area contributed by atoms with Gasteiger partial charge in [0.1, 0.15) is 9.84 Å². The SMILES string of the molecule is CS(=O)(=O)CCC(=O)NC[C@@H](c1ccccc1)N1CCCCCC1. The average Bonchev–Trinajstić information content (AvgIpc) is 2.83. The largest absolute Gasteiger partial charge is 0.354 e. The molecule has 0 spiro atoms. The summed E-state index contributed by atoms with van der Waals surface area (Å²) < 4.78 is 22.4. The van der Waals surface area contributed by atoms with Gasteiger partial charge in [-0.1, -0.05) is 43.2 Å². The van der Waals surface area contributed by atoms with E-state index in [0.29, 0.717) is 6.54 Å². The van der Waals surface area contributed by atoms with Gasteiger partial charge in [-0.05, 0) is 31.5 Å². The lowest BCUT2D eigenvalue weighted by Gasteiger charge is -2.31. The second-order valence-electron chi connectivity index (χ2n) is 6.56. The fraction of sp³-hybridized carbons (Fsp3) is 0.611. The number of hydrogen-bond acceptors (Lipinski definition) is 4. The zero-order valence-electron chi connectivity index (χ0n) is 14.4. The molecule has 1 aliphatic heterocycles. The summed E-state index contributed by atoms with van der Waals surface area (Å²) in [6, 6.07) is 10.4. The minimum absolute atomic E-state index is 0.0281. The molecule has 24 heavy (non-hydrogen) atoms. The number of benzene rings is 1. The molecule has 1 saturated heterocycles. The van der Waals surface area contributed by atoms with Crippen LogP contribution in [0.15, 0.2) is 30.3 Å². The molecule has 1 aromatic rings. The van der Waals surface area contributed by atoms with E-state index >= 15 is 0 Å². The average molecular weight is 353 g/mol. The van der Waals surface area contributed by atoms with E-state index in [1.165, 1.54) is 31.2 Å². The summed E-state index contributed by atoms with van der Waals surface area (Å²) in [7, 11) is -3.11. The van der Waals surface area contributed by atoms with Crippen molar-refractivity contribution >= 4 is 15.7 Å². The Bertz CT molecular complexity index is 608. The van der Waals surface area contributed by atoms with Crippen molar-refractivity contribution in [3.05, 3.63) is 35.9 Å². The van der Waals surface area contributed by atoms with Crippen molar-refractivity contribution in [3.8, 4) is 0 Å². The van der Waals surface area contributed by atoms with Gasteiger partial charge in [-0.15, -0.1) is 0 Å². The van der Waals surface area contributed by atoms with E-state index in [-0.39, 0.29) is 24.1 Å². The Morgan fingerprint density at radius 3 is 2.33 bits per heavy atom. The highest BCUT2D eigenvalue weighted by molar-refractivity contribution is 7.90. The lowest BCUT2D eigenvalue weighted by molar-refractivity contribution is -0.121. The summed E-state index contributed by atoms with van der Waals surface area (Å²) >= 11 is 0. The van der Waals surface area contributed by atoms with Crippen LogP contribution in [0, 0.1) is 0 Å². The molecule has 1 aliphatic rings. The van der Waals surface area contributed by atoms with Crippen LogP contribution in [0.1, 0.15) is 43.7 Å². The summed E-state index contributed by atoms with van der Waals surface area (Å²) in [6.45, 7) is 2.60. The first-order chi connectivity index (χ1) is 11.5. The Hall–Kier alpha value is -1.40. The van der Waals surface area contributed by atoms with Crippen LogP contribution in [-0.4, -0.2) is 50.9 Å². The molecule has 1 fully saturated rings. The van der Waals surface area contributed by atoms with Gasteiger partial charge < -0.3 is 5.32 Å². The van der Waals surface area contributed by atoms with E-state index in [0.717, 1.165) is 19.3 Å². The van der Waals surface area contributed by atoms with E-state index < -0.39 is 9.84 Å².